The number of benzene rings is 2. The zero-order chi connectivity index (χ0) is 21.4. The molecule has 1 aliphatic carbocycles. The van der Waals surface area contributed by atoms with Gasteiger partial charge in [0, 0.05) is 13.1 Å². The van der Waals surface area contributed by atoms with E-state index in [0.29, 0.717) is 34.7 Å². The van der Waals surface area contributed by atoms with E-state index < -0.39 is 11.4 Å². The maximum Gasteiger partial charge on any atom is 0.238 e. The third-order valence-electron chi connectivity index (χ3n) is 5.22. The number of para-hydroxylation sites is 2. The fourth-order valence-electron chi connectivity index (χ4n) is 3.38. The molecule has 2 aromatic carbocycles. The zero-order valence-corrected chi connectivity index (χ0v) is 17.6. The lowest BCUT2D eigenvalue weighted by Gasteiger charge is -2.25. The van der Waals surface area contributed by atoms with Crippen LogP contribution in [0, 0.1) is 5.82 Å². The molecule has 2 atom stereocenters. The van der Waals surface area contributed by atoms with Gasteiger partial charge in [-0.3, -0.25) is 4.79 Å². The quantitative estimate of drug-likeness (QED) is 0.591. The van der Waals surface area contributed by atoms with Crippen molar-refractivity contribution in [2.24, 2.45) is 7.05 Å². The van der Waals surface area contributed by atoms with Crippen LogP contribution in [0.5, 0.6) is 11.5 Å². The standard InChI is InChI=1S/C22H21FN4O3S/c1-27-20(18-12-29-16-4-2-3-5-17(16)30-18)25-26-22(27)31-19(21(28)24-15-10-11-15)13-6-8-14(23)9-7-13/h2-9,15,18-19H,10-12H2,1H3,(H,24,28). The van der Waals surface area contributed by atoms with Gasteiger partial charge in [-0.25, -0.2) is 4.39 Å². The SMILES string of the molecule is Cn1c(SC(C(=O)NC2CC2)c2ccc(F)cc2)nnc1C1COc2ccccc2O1. The Labute approximate surface area is 183 Å². The fraction of sp³-hybridized carbons (Fsp3) is 0.318. The molecule has 1 saturated carbocycles. The third-order valence-corrected chi connectivity index (χ3v) is 6.51. The maximum absolute atomic E-state index is 13.4. The molecule has 160 valence electrons. The van der Waals surface area contributed by atoms with Gasteiger partial charge in [0.05, 0.1) is 0 Å². The van der Waals surface area contributed by atoms with Crippen molar-refractivity contribution in [3.8, 4) is 11.5 Å². The van der Waals surface area contributed by atoms with E-state index in [1.54, 1.807) is 12.1 Å². The Morgan fingerprint density at radius 2 is 1.90 bits per heavy atom. The molecule has 5 rings (SSSR count). The summed E-state index contributed by atoms with van der Waals surface area (Å²) < 4.78 is 27.1. The van der Waals surface area contributed by atoms with Crippen LogP contribution in [0.15, 0.2) is 53.7 Å². The minimum absolute atomic E-state index is 0.116. The normalized spacial score (nSPS) is 18.5. The molecule has 1 fully saturated rings. The summed E-state index contributed by atoms with van der Waals surface area (Å²) >= 11 is 1.28. The number of amides is 1. The number of halogens is 1. The first kappa shape index (κ1) is 19.9. The first-order valence-electron chi connectivity index (χ1n) is 10.1. The van der Waals surface area contributed by atoms with E-state index in [4.69, 9.17) is 9.47 Å². The van der Waals surface area contributed by atoms with Gasteiger partial charge in [-0.1, -0.05) is 36.0 Å². The van der Waals surface area contributed by atoms with Crippen LogP contribution in [0.4, 0.5) is 4.39 Å². The molecular formula is C22H21FN4O3S. The van der Waals surface area contributed by atoms with Crippen LogP contribution >= 0.6 is 11.8 Å². The molecule has 0 radical (unpaired) electrons. The summed E-state index contributed by atoms with van der Waals surface area (Å²) in [5.74, 6) is 1.51. The lowest BCUT2D eigenvalue weighted by atomic mass is 10.1. The van der Waals surface area contributed by atoms with Gasteiger partial charge in [0.1, 0.15) is 17.7 Å². The number of ether oxygens (including phenoxy) is 2. The molecule has 2 unspecified atom stereocenters. The van der Waals surface area contributed by atoms with Gasteiger partial charge < -0.3 is 19.4 Å². The summed E-state index contributed by atoms with van der Waals surface area (Å²) in [6.45, 7) is 0.317. The third kappa shape index (κ3) is 4.23. The van der Waals surface area contributed by atoms with E-state index in [1.807, 2.05) is 35.9 Å². The topological polar surface area (TPSA) is 78.3 Å². The number of fused-ring (bicyclic) bond motifs is 1. The Balaban J connectivity index is 1.38. The zero-order valence-electron chi connectivity index (χ0n) is 16.8. The highest BCUT2D eigenvalue weighted by atomic mass is 32.2. The van der Waals surface area contributed by atoms with Gasteiger partial charge in [-0.15, -0.1) is 10.2 Å². The second-order valence-electron chi connectivity index (χ2n) is 7.60. The molecule has 1 amide bonds. The van der Waals surface area contributed by atoms with Crippen molar-refractivity contribution in [2.75, 3.05) is 6.61 Å². The Morgan fingerprint density at radius 3 is 2.65 bits per heavy atom. The number of thioether (sulfide) groups is 1. The van der Waals surface area contributed by atoms with Gasteiger partial charge in [0.15, 0.2) is 28.6 Å². The molecule has 7 nitrogen and oxygen atoms in total. The number of nitrogens with zero attached hydrogens (tertiary/aromatic N) is 3. The summed E-state index contributed by atoms with van der Waals surface area (Å²) in [7, 11) is 1.84. The molecule has 1 N–H and O–H groups in total. The minimum atomic E-state index is -0.568. The maximum atomic E-state index is 13.4. The van der Waals surface area contributed by atoms with Crippen LogP contribution in [0.1, 0.15) is 35.6 Å². The number of hydrogen-bond donors (Lipinski definition) is 1. The summed E-state index contributed by atoms with van der Waals surface area (Å²) in [4.78, 5) is 12.9. The number of rotatable bonds is 6. The number of hydrogen-bond acceptors (Lipinski definition) is 6. The monoisotopic (exact) mass is 440 g/mol. The molecule has 1 aliphatic heterocycles. The smallest absolute Gasteiger partial charge is 0.238 e. The number of nitrogens with one attached hydrogen (secondary N) is 1. The van der Waals surface area contributed by atoms with Crippen LogP contribution in [-0.4, -0.2) is 33.3 Å². The van der Waals surface area contributed by atoms with Crippen molar-refractivity contribution in [3.63, 3.8) is 0 Å². The van der Waals surface area contributed by atoms with E-state index in [-0.39, 0.29) is 17.8 Å². The largest absolute Gasteiger partial charge is 0.485 e. The highest BCUT2D eigenvalue weighted by Crippen LogP contribution is 2.38. The fourth-order valence-corrected chi connectivity index (χ4v) is 4.40. The molecule has 2 heterocycles. The Hall–Kier alpha value is -3.07. The summed E-state index contributed by atoms with van der Waals surface area (Å²) in [5.41, 5.74) is 0.709. The van der Waals surface area contributed by atoms with E-state index in [9.17, 15) is 9.18 Å². The minimum Gasteiger partial charge on any atom is -0.485 e. The first-order chi connectivity index (χ1) is 15.1. The highest BCUT2D eigenvalue weighted by molar-refractivity contribution is 8.00. The van der Waals surface area contributed by atoms with Crippen LogP contribution in [-0.2, 0) is 11.8 Å². The number of carbonyl (C=O) groups is 1. The molecule has 9 heteroatoms. The Morgan fingerprint density at radius 1 is 1.16 bits per heavy atom. The predicted molar refractivity (Wildman–Crippen MR) is 112 cm³/mol. The molecular weight excluding hydrogens is 419 g/mol. The second-order valence-corrected chi connectivity index (χ2v) is 8.67. The average Bonchev–Trinajstić information content (AvgIpc) is 3.53. The van der Waals surface area contributed by atoms with Crippen molar-refractivity contribution in [3.05, 3.63) is 65.7 Å². The van der Waals surface area contributed by atoms with Gasteiger partial charge in [-0.05, 0) is 42.7 Å². The van der Waals surface area contributed by atoms with E-state index in [0.717, 1.165) is 12.8 Å². The van der Waals surface area contributed by atoms with Gasteiger partial charge >= 0.3 is 0 Å². The van der Waals surface area contributed by atoms with Crippen molar-refractivity contribution in [2.45, 2.75) is 35.4 Å². The number of carbonyl (C=O) groups excluding carboxylic acids is 1. The van der Waals surface area contributed by atoms with Gasteiger partial charge in [-0.2, -0.15) is 0 Å². The summed E-state index contributed by atoms with van der Waals surface area (Å²) in [6, 6.07) is 13.7. The Bertz CT molecular complexity index is 1100. The predicted octanol–water partition coefficient (Wildman–Crippen LogP) is 3.58. The summed E-state index contributed by atoms with van der Waals surface area (Å²) in [6.07, 6.45) is 1.56. The van der Waals surface area contributed by atoms with Crippen LogP contribution in [0.25, 0.3) is 0 Å². The van der Waals surface area contributed by atoms with Crippen LogP contribution < -0.4 is 14.8 Å². The van der Waals surface area contributed by atoms with E-state index in [2.05, 4.69) is 15.5 Å². The van der Waals surface area contributed by atoms with Gasteiger partial charge in [0.25, 0.3) is 0 Å². The number of aromatic nitrogens is 3. The van der Waals surface area contributed by atoms with Crippen molar-refractivity contribution in [1.82, 2.24) is 20.1 Å². The van der Waals surface area contributed by atoms with Crippen molar-refractivity contribution < 1.29 is 18.7 Å². The molecule has 2 aliphatic rings. The average molecular weight is 441 g/mol. The molecule has 3 aromatic rings. The van der Waals surface area contributed by atoms with Gasteiger partial charge in [0.2, 0.25) is 5.91 Å². The Kier molecular flexibility index (Phi) is 5.27. The van der Waals surface area contributed by atoms with Crippen molar-refractivity contribution in [1.29, 1.82) is 0 Å². The first-order valence-corrected chi connectivity index (χ1v) is 11.0. The van der Waals surface area contributed by atoms with E-state index >= 15 is 0 Å². The van der Waals surface area contributed by atoms with Crippen LogP contribution in [0.3, 0.4) is 0 Å². The highest BCUT2D eigenvalue weighted by Gasteiger charge is 2.32. The van der Waals surface area contributed by atoms with Crippen LogP contribution in [0.2, 0.25) is 0 Å². The molecule has 31 heavy (non-hydrogen) atoms. The van der Waals surface area contributed by atoms with E-state index in [1.165, 1.54) is 23.9 Å². The molecule has 0 bridgehead atoms. The summed E-state index contributed by atoms with van der Waals surface area (Å²) in [5, 5.41) is 11.6. The second kappa shape index (κ2) is 8.22. The lowest BCUT2D eigenvalue weighted by molar-refractivity contribution is -0.120. The molecule has 1 aromatic heterocycles. The van der Waals surface area contributed by atoms with Crippen molar-refractivity contribution >= 4 is 17.7 Å². The molecule has 0 saturated heterocycles. The molecule has 0 spiro atoms. The lowest BCUT2D eigenvalue weighted by Crippen LogP contribution is -2.30.